The van der Waals surface area contributed by atoms with E-state index in [-0.39, 0.29) is 11.8 Å². The Hall–Kier alpha value is -1.49. The van der Waals surface area contributed by atoms with Gasteiger partial charge >= 0.3 is 18.0 Å². The average molecular weight is 356 g/mol. The fourth-order valence-corrected chi connectivity index (χ4v) is 5.33. The zero-order valence-corrected chi connectivity index (χ0v) is 12.8. The van der Waals surface area contributed by atoms with Gasteiger partial charge in [0.15, 0.2) is 0 Å². The third kappa shape index (κ3) is 2.87. The van der Waals surface area contributed by atoms with E-state index < -0.39 is 52.4 Å². The van der Waals surface area contributed by atoms with Crippen LogP contribution in [0, 0.1) is 11.8 Å². The van der Waals surface area contributed by atoms with E-state index in [1.165, 1.54) is 0 Å². The molecule has 1 heterocycles. The van der Waals surface area contributed by atoms with Crippen molar-refractivity contribution in [2.24, 2.45) is 11.8 Å². The van der Waals surface area contributed by atoms with Gasteiger partial charge in [0.25, 0.3) is 10.1 Å². The zero-order valence-electron chi connectivity index (χ0n) is 11.9. The maximum atomic E-state index is 12.5. The highest BCUT2D eigenvalue weighted by atomic mass is 32.2. The molecule has 0 spiro atoms. The summed E-state index contributed by atoms with van der Waals surface area (Å²) in [7, 11) is -3.63. The van der Waals surface area contributed by atoms with Crippen LogP contribution in [0.4, 0.5) is 13.6 Å². The van der Waals surface area contributed by atoms with Crippen molar-refractivity contribution in [1.82, 2.24) is 0 Å². The van der Waals surface area contributed by atoms with Crippen LogP contribution in [0.25, 0.3) is 0 Å². The molecule has 5 unspecified atom stereocenters. The first-order chi connectivity index (χ1) is 10.6. The van der Waals surface area contributed by atoms with Gasteiger partial charge in [-0.05, 0) is 12.8 Å². The van der Waals surface area contributed by atoms with E-state index in [0.717, 1.165) is 0 Å². The van der Waals surface area contributed by atoms with E-state index in [2.05, 4.69) is 9.47 Å². The molecule has 11 heteroatoms. The van der Waals surface area contributed by atoms with Crippen molar-refractivity contribution in [3.63, 3.8) is 0 Å². The van der Waals surface area contributed by atoms with Crippen LogP contribution in [0.5, 0.6) is 0 Å². The van der Waals surface area contributed by atoms with E-state index in [4.69, 9.17) is 8.92 Å². The summed E-state index contributed by atoms with van der Waals surface area (Å²) in [5.41, 5.74) is 0. The van der Waals surface area contributed by atoms with Crippen molar-refractivity contribution in [2.75, 3.05) is 6.79 Å². The van der Waals surface area contributed by atoms with Gasteiger partial charge in [-0.2, -0.15) is 17.2 Å². The van der Waals surface area contributed by atoms with E-state index >= 15 is 0 Å². The topological polar surface area (TPSA) is 105 Å². The van der Waals surface area contributed by atoms with Crippen molar-refractivity contribution >= 4 is 22.2 Å². The molecule has 0 amide bonds. The number of fused-ring (bicyclic) bond motifs is 1. The van der Waals surface area contributed by atoms with Gasteiger partial charge in [-0.1, -0.05) is 0 Å². The first-order valence-electron chi connectivity index (χ1n) is 6.90. The lowest BCUT2D eigenvalue weighted by Gasteiger charge is -2.24. The molecule has 2 bridgehead atoms. The summed E-state index contributed by atoms with van der Waals surface area (Å²) in [6, 6.07) is 0. The Kier molecular flexibility index (Phi) is 3.75. The molecule has 0 radical (unpaired) electrons. The van der Waals surface area contributed by atoms with Crippen molar-refractivity contribution < 1.29 is 45.2 Å². The number of hydrogen-bond acceptors (Lipinski definition) is 8. The number of carbonyl (C=O) groups excluding carboxylic acids is 2. The van der Waals surface area contributed by atoms with Crippen LogP contribution in [-0.2, 0) is 33.3 Å². The number of esters is 1. The minimum Gasteiger partial charge on any atom is -0.428 e. The molecule has 0 aromatic heterocycles. The number of hydrogen-bond donors (Lipinski definition) is 0. The van der Waals surface area contributed by atoms with E-state index in [1.807, 2.05) is 0 Å². The second-order valence-electron chi connectivity index (χ2n) is 5.90. The molecular weight excluding hydrogens is 342 g/mol. The predicted molar refractivity (Wildman–Crippen MR) is 66.7 cm³/mol. The van der Waals surface area contributed by atoms with Crippen molar-refractivity contribution in [3.8, 4) is 0 Å². The maximum absolute atomic E-state index is 12.5. The molecule has 1 aliphatic heterocycles. The van der Waals surface area contributed by atoms with Gasteiger partial charge in [0.05, 0.1) is 5.25 Å². The van der Waals surface area contributed by atoms with Gasteiger partial charge in [0.2, 0.25) is 6.79 Å². The summed E-state index contributed by atoms with van der Waals surface area (Å²) in [6.45, 7) is -0.675. The lowest BCUT2D eigenvalue weighted by Crippen LogP contribution is -2.37. The average Bonchev–Trinajstić information content (AvgIpc) is 3.01. The molecule has 5 atom stereocenters. The van der Waals surface area contributed by atoms with E-state index in [1.54, 1.807) is 0 Å². The molecule has 0 aromatic carbocycles. The van der Waals surface area contributed by atoms with Gasteiger partial charge in [0, 0.05) is 18.8 Å². The smallest absolute Gasteiger partial charge is 0.428 e. The summed E-state index contributed by atoms with van der Waals surface area (Å²) >= 11 is 0. The molecule has 3 fully saturated rings. The second-order valence-corrected chi connectivity index (χ2v) is 7.69. The normalized spacial score (nSPS) is 36.7. The minimum absolute atomic E-state index is 0.151. The summed E-state index contributed by atoms with van der Waals surface area (Å²) in [4.78, 5) is 22.3. The molecule has 2 aliphatic carbocycles. The van der Waals surface area contributed by atoms with Gasteiger partial charge < -0.3 is 14.2 Å². The number of alkyl halides is 2. The number of rotatable bonds is 4. The van der Waals surface area contributed by atoms with E-state index in [9.17, 15) is 26.8 Å². The van der Waals surface area contributed by atoms with Crippen LogP contribution < -0.4 is 0 Å². The van der Waals surface area contributed by atoms with Gasteiger partial charge in [-0.15, -0.1) is 0 Å². The molecule has 0 N–H and O–H groups in total. The van der Waals surface area contributed by atoms with Crippen molar-refractivity contribution in [2.45, 2.75) is 43.1 Å². The third-order valence-corrected chi connectivity index (χ3v) is 6.15. The number of ether oxygens (including phenoxy) is 3. The second kappa shape index (κ2) is 5.26. The lowest BCUT2D eigenvalue weighted by molar-refractivity contribution is -0.179. The Balaban J connectivity index is 1.50. The number of carbonyl (C=O) groups is 2. The van der Waals surface area contributed by atoms with Crippen LogP contribution >= 0.6 is 0 Å². The molecule has 1 saturated heterocycles. The van der Waals surface area contributed by atoms with Crippen LogP contribution in [-0.4, -0.2) is 50.7 Å². The molecule has 3 aliphatic rings. The van der Waals surface area contributed by atoms with Crippen LogP contribution in [0.2, 0.25) is 0 Å². The summed E-state index contributed by atoms with van der Waals surface area (Å²) in [5, 5.41) is -0.555. The highest BCUT2D eigenvalue weighted by Crippen LogP contribution is 2.55. The van der Waals surface area contributed by atoms with Crippen molar-refractivity contribution in [3.05, 3.63) is 0 Å². The Bertz CT molecular complexity index is 627. The lowest BCUT2D eigenvalue weighted by atomic mass is 9.94. The third-order valence-electron chi connectivity index (χ3n) is 4.37. The molecule has 3 rings (SSSR count). The van der Waals surface area contributed by atoms with Crippen LogP contribution in [0.15, 0.2) is 0 Å². The molecule has 130 valence electrons. The van der Waals surface area contributed by atoms with Gasteiger partial charge in [-0.25, -0.2) is 9.59 Å². The standard InChI is InChI=1S/C12H14F2O8S/c1-12(13,14)10(15)19-4-20-11(16)21-8-5-2-6-7(3-5)23(17,18)22-9(6)8/h5-9H,2-4H2,1H3. The highest BCUT2D eigenvalue weighted by Gasteiger charge is 2.65. The van der Waals surface area contributed by atoms with Crippen molar-refractivity contribution in [1.29, 1.82) is 0 Å². The molecule has 8 nitrogen and oxygen atoms in total. The SMILES string of the molecule is CC(F)(F)C(=O)OCOC(=O)OC1C2CC3C1OS(=O)(=O)C3C2. The first-order valence-corrected chi connectivity index (χ1v) is 8.37. The largest absolute Gasteiger partial charge is 0.511 e. The fourth-order valence-electron chi connectivity index (χ4n) is 3.45. The molecular formula is C12H14F2O8S. The minimum atomic E-state index is -3.70. The zero-order chi connectivity index (χ0) is 17.0. The quantitative estimate of drug-likeness (QED) is 0.414. The van der Waals surface area contributed by atoms with Crippen LogP contribution in [0.3, 0.4) is 0 Å². The Morgan fingerprint density at radius 1 is 1.26 bits per heavy atom. The number of halogens is 2. The Morgan fingerprint density at radius 2 is 1.96 bits per heavy atom. The molecule has 23 heavy (non-hydrogen) atoms. The maximum Gasteiger partial charge on any atom is 0.511 e. The van der Waals surface area contributed by atoms with Gasteiger partial charge in [0.1, 0.15) is 12.2 Å². The highest BCUT2D eigenvalue weighted by molar-refractivity contribution is 7.87. The monoisotopic (exact) mass is 356 g/mol. The predicted octanol–water partition coefficient (Wildman–Crippen LogP) is 0.801. The molecule has 2 saturated carbocycles. The molecule has 0 aromatic rings. The summed E-state index contributed by atoms with van der Waals surface area (Å²) in [6.07, 6.45) is -1.83. The Morgan fingerprint density at radius 3 is 2.61 bits per heavy atom. The van der Waals surface area contributed by atoms with Crippen LogP contribution in [0.1, 0.15) is 19.8 Å². The summed E-state index contributed by atoms with van der Waals surface area (Å²) < 4.78 is 67.0. The fraction of sp³-hybridized carbons (Fsp3) is 0.833. The van der Waals surface area contributed by atoms with E-state index in [0.29, 0.717) is 19.8 Å². The van der Waals surface area contributed by atoms with Gasteiger partial charge in [-0.3, -0.25) is 4.18 Å². The summed E-state index contributed by atoms with van der Waals surface area (Å²) in [5.74, 6) is -5.89. The first kappa shape index (κ1) is 16.4. The Labute approximate surface area is 130 Å².